The number of aromatic nitrogens is 1. The van der Waals surface area contributed by atoms with Gasteiger partial charge in [-0.2, -0.15) is 0 Å². The molecule has 0 saturated carbocycles. The number of hydrogen-bond donors (Lipinski definition) is 2. The van der Waals surface area contributed by atoms with Gasteiger partial charge in [0.15, 0.2) is 0 Å². The lowest BCUT2D eigenvalue weighted by atomic mass is 10.0. The lowest BCUT2D eigenvalue weighted by molar-refractivity contribution is -0.139. The van der Waals surface area contributed by atoms with Gasteiger partial charge >= 0.3 is 5.97 Å². The van der Waals surface area contributed by atoms with Crippen LogP contribution in [0.1, 0.15) is 17.2 Å². The molecule has 94 valence electrons. The van der Waals surface area contributed by atoms with Gasteiger partial charge in [-0.3, -0.25) is 15.1 Å². The fraction of sp³-hybridized carbons (Fsp3) is 0.500. The third-order valence-corrected chi connectivity index (χ3v) is 2.54. The number of aliphatic carboxylic acids is 1. The Morgan fingerprint density at radius 2 is 2.29 bits per heavy atom. The summed E-state index contributed by atoms with van der Waals surface area (Å²) in [5, 5.41) is 12.2. The average molecular weight is 237 g/mol. The molecule has 1 unspecified atom stereocenters. The average Bonchev–Trinajstić information content (AvgIpc) is 2.25. The molecule has 0 aliphatic rings. The number of nitrogens with zero attached hydrogens (tertiary/aromatic N) is 2. The van der Waals surface area contributed by atoms with E-state index in [0.717, 1.165) is 17.7 Å². The minimum absolute atomic E-state index is 0.623. The van der Waals surface area contributed by atoms with Gasteiger partial charge in [0.1, 0.15) is 6.04 Å². The highest BCUT2D eigenvalue weighted by molar-refractivity contribution is 5.75. The van der Waals surface area contributed by atoms with E-state index < -0.39 is 12.0 Å². The summed E-state index contributed by atoms with van der Waals surface area (Å²) >= 11 is 0. The lowest BCUT2D eigenvalue weighted by Gasteiger charge is -2.18. The van der Waals surface area contributed by atoms with Crippen LogP contribution >= 0.6 is 0 Å². The Morgan fingerprint density at radius 1 is 1.59 bits per heavy atom. The molecule has 17 heavy (non-hydrogen) atoms. The SMILES string of the molecule is Cc1ccncc1C(NCCN(C)C)C(=O)O. The first-order valence-corrected chi connectivity index (χ1v) is 5.54. The van der Waals surface area contributed by atoms with Crippen LogP contribution in [-0.4, -0.2) is 48.1 Å². The smallest absolute Gasteiger partial charge is 0.325 e. The summed E-state index contributed by atoms with van der Waals surface area (Å²) < 4.78 is 0. The Morgan fingerprint density at radius 3 is 2.82 bits per heavy atom. The third kappa shape index (κ3) is 4.13. The predicted octanol–water partition coefficient (Wildman–Crippen LogP) is 0.667. The van der Waals surface area contributed by atoms with E-state index in [4.69, 9.17) is 0 Å². The van der Waals surface area contributed by atoms with Crippen molar-refractivity contribution in [3.05, 3.63) is 29.6 Å². The number of hydrogen-bond acceptors (Lipinski definition) is 4. The maximum absolute atomic E-state index is 11.2. The van der Waals surface area contributed by atoms with Crippen LogP contribution in [0, 0.1) is 6.92 Å². The van der Waals surface area contributed by atoms with Crippen LogP contribution in [0.3, 0.4) is 0 Å². The zero-order chi connectivity index (χ0) is 12.8. The summed E-state index contributed by atoms with van der Waals surface area (Å²) in [6.07, 6.45) is 3.27. The highest BCUT2D eigenvalue weighted by Crippen LogP contribution is 2.16. The number of carboxylic acids is 1. The van der Waals surface area contributed by atoms with Crippen LogP contribution in [0.4, 0.5) is 0 Å². The van der Waals surface area contributed by atoms with Gasteiger partial charge in [0.2, 0.25) is 0 Å². The lowest BCUT2D eigenvalue weighted by Crippen LogP contribution is -2.34. The number of pyridine rings is 1. The molecule has 1 aromatic rings. The molecule has 5 heteroatoms. The molecule has 0 fully saturated rings. The van der Waals surface area contributed by atoms with Crippen LogP contribution in [0.5, 0.6) is 0 Å². The molecule has 1 aromatic heterocycles. The Labute approximate surface area is 101 Å². The number of aryl methyl sites for hydroxylation is 1. The summed E-state index contributed by atoms with van der Waals surface area (Å²) in [5.41, 5.74) is 1.66. The zero-order valence-corrected chi connectivity index (χ0v) is 10.5. The van der Waals surface area contributed by atoms with Crippen molar-refractivity contribution in [1.29, 1.82) is 0 Å². The second kappa shape index (κ2) is 6.32. The molecule has 1 atom stereocenters. The van der Waals surface area contributed by atoms with Gasteiger partial charge in [0, 0.05) is 31.0 Å². The first-order valence-electron chi connectivity index (χ1n) is 5.54. The molecule has 0 saturated heterocycles. The van der Waals surface area contributed by atoms with Gasteiger partial charge in [0.25, 0.3) is 0 Å². The van der Waals surface area contributed by atoms with Crippen LogP contribution in [0.25, 0.3) is 0 Å². The van der Waals surface area contributed by atoms with E-state index in [9.17, 15) is 9.90 Å². The van der Waals surface area contributed by atoms with E-state index in [1.807, 2.05) is 32.0 Å². The van der Waals surface area contributed by atoms with Crippen molar-refractivity contribution in [2.75, 3.05) is 27.2 Å². The molecule has 0 aliphatic heterocycles. The minimum Gasteiger partial charge on any atom is -0.480 e. The number of nitrogens with one attached hydrogen (secondary N) is 1. The van der Waals surface area contributed by atoms with Gasteiger partial charge in [-0.1, -0.05) is 0 Å². The fourth-order valence-electron chi connectivity index (χ4n) is 1.54. The zero-order valence-electron chi connectivity index (χ0n) is 10.5. The number of likely N-dealkylation sites (N-methyl/N-ethyl adjacent to an activating group) is 1. The largest absolute Gasteiger partial charge is 0.480 e. The summed E-state index contributed by atoms with van der Waals surface area (Å²) in [5.74, 6) is -0.875. The molecular weight excluding hydrogens is 218 g/mol. The topological polar surface area (TPSA) is 65.5 Å². The second-order valence-electron chi connectivity index (χ2n) is 4.26. The molecule has 0 spiro atoms. The Bertz CT molecular complexity index is 380. The van der Waals surface area contributed by atoms with E-state index in [-0.39, 0.29) is 0 Å². The second-order valence-corrected chi connectivity index (χ2v) is 4.26. The predicted molar refractivity (Wildman–Crippen MR) is 65.9 cm³/mol. The molecule has 0 radical (unpaired) electrons. The maximum atomic E-state index is 11.2. The standard InChI is InChI=1S/C12H19N3O2/c1-9-4-5-13-8-10(9)11(12(16)17)14-6-7-15(2)3/h4-5,8,11,14H,6-7H2,1-3H3,(H,16,17). The number of carboxylic acid groups (broad SMARTS) is 1. The first kappa shape index (κ1) is 13.6. The minimum atomic E-state index is -0.875. The van der Waals surface area contributed by atoms with E-state index >= 15 is 0 Å². The van der Waals surface area contributed by atoms with Crippen molar-refractivity contribution >= 4 is 5.97 Å². The van der Waals surface area contributed by atoms with Crippen LogP contribution < -0.4 is 5.32 Å². The molecular formula is C12H19N3O2. The summed E-state index contributed by atoms with van der Waals surface area (Å²) in [6.45, 7) is 3.31. The van der Waals surface area contributed by atoms with Crippen LogP contribution in [0.15, 0.2) is 18.5 Å². The molecule has 0 aliphatic carbocycles. The van der Waals surface area contributed by atoms with Gasteiger partial charge < -0.3 is 10.0 Å². The quantitative estimate of drug-likeness (QED) is 0.761. The molecule has 0 bridgehead atoms. The summed E-state index contributed by atoms with van der Waals surface area (Å²) in [7, 11) is 3.90. The molecule has 0 aromatic carbocycles. The van der Waals surface area contributed by atoms with Gasteiger partial charge in [-0.15, -0.1) is 0 Å². The van der Waals surface area contributed by atoms with E-state index in [1.165, 1.54) is 0 Å². The Hall–Kier alpha value is -1.46. The monoisotopic (exact) mass is 237 g/mol. The first-order chi connectivity index (χ1) is 8.02. The molecule has 2 N–H and O–H groups in total. The molecule has 1 rings (SSSR count). The van der Waals surface area contributed by atoms with Gasteiger partial charge in [-0.25, -0.2) is 0 Å². The highest BCUT2D eigenvalue weighted by atomic mass is 16.4. The molecule has 1 heterocycles. The van der Waals surface area contributed by atoms with Crippen molar-refractivity contribution < 1.29 is 9.90 Å². The highest BCUT2D eigenvalue weighted by Gasteiger charge is 2.20. The number of rotatable bonds is 6. The van der Waals surface area contributed by atoms with E-state index in [0.29, 0.717) is 6.54 Å². The van der Waals surface area contributed by atoms with Gasteiger partial charge in [-0.05, 0) is 32.6 Å². The van der Waals surface area contributed by atoms with Crippen molar-refractivity contribution in [1.82, 2.24) is 15.2 Å². The molecule has 5 nitrogen and oxygen atoms in total. The summed E-state index contributed by atoms with van der Waals surface area (Å²) in [4.78, 5) is 17.2. The van der Waals surface area contributed by atoms with E-state index in [2.05, 4.69) is 10.3 Å². The molecule has 0 amide bonds. The van der Waals surface area contributed by atoms with Crippen LogP contribution in [-0.2, 0) is 4.79 Å². The summed E-state index contributed by atoms with van der Waals surface area (Å²) in [6, 6.07) is 1.13. The van der Waals surface area contributed by atoms with Crippen molar-refractivity contribution in [3.8, 4) is 0 Å². The van der Waals surface area contributed by atoms with Crippen LogP contribution in [0.2, 0.25) is 0 Å². The Kier molecular flexibility index (Phi) is 5.06. The maximum Gasteiger partial charge on any atom is 0.325 e. The van der Waals surface area contributed by atoms with Crippen molar-refractivity contribution in [3.63, 3.8) is 0 Å². The van der Waals surface area contributed by atoms with Crippen molar-refractivity contribution in [2.24, 2.45) is 0 Å². The number of carbonyl (C=O) groups is 1. The Balaban J connectivity index is 2.73. The normalized spacial score (nSPS) is 12.7. The van der Waals surface area contributed by atoms with E-state index in [1.54, 1.807) is 12.4 Å². The third-order valence-electron chi connectivity index (χ3n) is 2.54. The fourth-order valence-corrected chi connectivity index (χ4v) is 1.54. The van der Waals surface area contributed by atoms with Gasteiger partial charge in [0.05, 0.1) is 0 Å². The van der Waals surface area contributed by atoms with Crippen molar-refractivity contribution in [2.45, 2.75) is 13.0 Å².